The van der Waals surface area contributed by atoms with Gasteiger partial charge in [0.05, 0.1) is 0 Å². The van der Waals surface area contributed by atoms with Crippen LogP contribution in [0.15, 0.2) is 30.3 Å². The lowest BCUT2D eigenvalue weighted by Gasteiger charge is -2.23. The van der Waals surface area contributed by atoms with Crippen molar-refractivity contribution in [1.29, 1.82) is 0 Å². The number of ether oxygens (including phenoxy) is 1. The van der Waals surface area contributed by atoms with E-state index in [2.05, 4.69) is 0 Å². The lowest BCUT2D eigenvalue weighted by Crippen LogP contribution is -2.44. The number of carbonyl (C=O) groups is 1. The molecular weight excluding hydrogens is 244 g/mol. The maximum Gasteiger partial charge on any atom is 0.410 e. The van der Waals surface area contributed by atoms with Crippen molar-refractivity contribution in [2.24, 2.45) is 5.73 Å². The monoisotopic (exact) mass is 264 g/mol. The second-order valence-corrected chi connectivity index (χ2v) is 5.05. The first-order valence-corrected chi connectivity index (χ1v) is 6.48. The molecule has 1 amide bonds. The average molecular weight is 264 g/mol. The lowest BCUT2D eigenvalue weighted by atomic mass is 9.96. The van der Waals surface area contributed by atoms with E-state index >= 15 is 0 Å². The van der Waals surface area contributed by atoms with Crippen molar-refractivity contribution in [3.8, 4) is 0 Å². The van der Waals surface area contributed by atoms with E-state index in [4.69, 9.17) is 15.6 Å². The molecule has 1 aromatic carbocycles. The van der Waals surface area contributed by atoms with Crippen LogP contribution >= 0.6 is 0 Å². The summed E-state index contributed by atoms with van der Waals surface area (Å²) in [7, 11) is 0. The first-order chi connectivity index (χ1) is 9.13. The van der Waals surface area contributed by atoms with E-state index in [0.717, 1.165) is 5.56 Å². The Morgan fingerprint density at radius 1 is 1.42 bits per heavy atom. The smallest absolute Gasteiger partial charge is 0.410 e. The fourth-order valence-corrected chi connectivity index (χ4v) is 2.29. The molecule has 0 bridgehead atoms. The molecular formula is C14H20N2O3. The van der Waals surface area contributed by atoms with Gasteiger partial charge in [-0.25, -0.2) is 4.79 Å². The lowest BCUT2D eigenvalue weighted by molar-refractivity contribution is 0.101. The number of aliphatic hydroxyl groups is 1. The largest absolute Gasteiger partial charge is 0.445 e. The van der Waals surface area contributed by atoms with Crippen molar-refractivity contribution in [1.82, 2.24) is 4.90 Å². The number of rotatable bonds is 4. The van der Waals surface area contributed by atoms with Crippen molar-refractivity contribution in [2.75, 3.05) is 19.7 Å². The van der Waals surface area contributed by atoms with Gasteiger partial charge in [-0.15, -0.1) is 0 Å². The van der Waals surface area contributed by atoms with Crippen LogP contribution in [0.25, 0.3) is 0 Å². The predicted molar refractivity (Wildman–Crippen MR) is 71.4 cm³/mol. The highest BCUT2D eigenvalue weighted by Gasteiger charge is 2.36. The third kappa shape index (κ3) is 3.68. The number of benzene rings is 1. The molecule has 1 aliphatic rings. The Morgan fingerprint density at radius 3 is 2.84 bits per heavy atom. The maximum atomic E-state index is 11.9. The van der Waals surface area contributed by atoms with E-state index in [9.17, 15) is 4.79 Å². The molecule has 2 rings (SSSR count). The normalized spacial score (nSPS) is 22.5. The highest BCUT2D eigenvalue weighted by atomic mass is 16.6. The number of hydrogen-bond acceptors (Lipinski definition) is 4. The minimum Gasteiger partial charge on any atom is -0.445 e. The fourth-order valence-electron chi connectivity index (χ4n) is 2.29. The van der Waals surface area contributed by atoms with Gasteiger partial charge in [-0.1, -0.05) is 30.3 Å². The van der Waals surface area contributed by atoms with Crippen LogP contribution in [0, 0.1) is 0 Å². The van der Waals surface area contributed by atoms with Crippen molar-refractivity contribution in [2.45, 2.75) is 25.0 Å². The Hall–Kier alpha value is -1.59. The van der Waals surface area contributed by atoms with Gasteiger partial charge < -0.3 is 20.5 Å². The summed E-state index contributed by atoms with van der Waals surface area (Å²) in [4.78, 5) is 13.5. The van der Waals surface area contributed by atoms with Crippen LogP contribution < -0.4 is 5.73 Å². The van der Waals surface area contributed by atoms with E-state index in [1.54, 1.807) is 4.90 Å². The van der Waals surface area contributed by atoms with Crippen LogP contribution in [0.1, 0.15) is 18.4 Å². The Labute approximate surface area is 113 Å². The quantitative estimate of drug-likeness (QED) is 0.854. The van der Waals surface area contributed by atoms with Crippen LogP contribution in [0.4, 0.5) is 4.79 Å². The molecule has 5 nitrogen and oxygen atoms in total. The van der Waals surface area contributed by atoms with E-state index in [-0.39, 0.29) is 19.3 Å². The first kappa shape index (κ1) is 13.8. The molecule has 5 heteroatoms. The molecule has 1 unspecified atom stereocenters. The minimum atomic E-state index is -0.472. The van der Waals surface area contributed by atoms with E-state index < -0.39 is 5.54 Å². The SMILES string of the molecule is NC1(CCO)CCN(C(=O)OCc2ccccc2)C1. The summed E-state index contributed by atoms with van der Waals surface area (Å²) in [6, 6.07) is 9.56. The van der Waals surface area contributed by atoms with Gasteiger partial charge in [-0.2, -0.15) is 0 Å². The summed E-state index contributed by atoms with van der Waals surface area (Å²) in [5, 5.41) is 8.95. The number of aliphatic hydroxyl groups excluding tert-OH is 1. The molecule has 104 valence electrons. The van der Waals surface area contributed by atoms with Gasteiger partial charge in [0, 0.05) is 25.2 Å². The molecule has 3 N–H and O–H groups in total. The van der Waals surface area contributed by atoms with Crippen LogP contribution in [0.5, 0.6) is 0 Å². The van der Waals surface area contributed by atoms with Gasteiger partial charge >= 0.3 is 6.09 Å². The van der Waals surface area contributed by atoms with Crippen LogP contribution in [-0.4, -0.2) is 41.3 Å². The Morgan fingerprint density at radius 2 is 2.16 bits per heavy atom. The van der Waals surface area contributed by atoms with E-state index in [1.807, 2.05) is 30.3 Å². The van der Waals surface area contributed by atoms with Crippen molar-refractivity contribution in [3.05, 3.63) is 35.9 Å². The number of likely N-dealkylation sites (tertiary alicyclic amines) is 1. The van der Waals surface area contributed by atoms with Crippen LogP contribution in [0.2, 0.25) is 0 Å². The molecule has 1 fully saturated rings. The van der Waals surface area contributed by atoms with Gasteiger partial charge in [0.1, 0.15) is 6.61 Å². The van der Waals surface area contributed by atoms with Crippen molar-refractivity contribution in [3.63, 3.8) is 0 Å². The Kier molecular flexibility index (Phi) is 4.39. The summed E-state index contributed by atoms with van der Waals surface area (Å²) in [6.07, 6.45) is 0.873. The second-order valence-electron chi connectivity index (χ2n) is 5.05. The predicted octanol–water partition coefficient (Wildman–Crippen LogP) is 1.11. The summed E-state index contributed by atoms with van der Waals surface area (Å²) in [5.74, 6) is 0. The molecule has 1 saturated heterocycles. The molecule has 1 aromatic rings. The van der Waals surface area contributed by atoms with Gasteiger partial charge in [0.2, 0.25) is 0 Å². The third-order valence-electron chi connectivity index (χ3n) is 3.46. The maximum absolute atomic E-state index is 11.9. The van der Waals surface area contributed by atoms with Gasteiger partial charge in [-0.3, -0.25) is 0 Å². The summed E-state index contributed by atoms with van der Waals surface area (Å²) in [6.45, 7) is 1.35. The van der Waals surface area contributed by atoms with Gasteiger partial charge in [0.15, 0.2) is 0 Å². The highest BCUT2D eigenvalue weighted by molar-refractivity contribution is 5.68. The molecule has 0 saturated carbocycles. The first-order valence-electron chi connectivity index (χ1n) is 6.48. The molecule has 0 radical (unpaired) electrons. The molecule has 1 aliphatic heterocycles. The zero-order valence-electron chi connectivity index (χ0n) is 10.9. The molecule has 0 aliphatic carbocycles. The van der Waals surface area contributed by atoms with Crippen molar-refractivity contribution >= 4 is 6.09 Å². The average Bonchev–Trinajstić information content (AvgIpc) is 2.80. The fraction of sp³-hybridized carbons (Fsp3) is 0.500. The van der Waals surface area contributed by atoms with E-state index in [1.165, 1.54) is 0 Å². The number of hydrogen-bond donors (Lipinski definition) is 2. The minimum absolute atomic E-state index is 0.0450. The third-order valence-corrected chi connectivity index (χ3v) is 3.46. The molecule has 19 heavy (non-hydrogen) atoms. The molecule has 1 atom stereocenters. The number of nitrogens with two attached hydrogens (primary N) is 1. The Balaban J connectivity index is 1.82. The molecule has 0 aromatic heterocycles. The number of carbonyl (C=O) groups excluding carboxylic acids is 1. The topological polar surface area (TPSA) is 75.8 Å². The van der Waals surface area contributed by atoms with Gasteiger partial charge in [0.25, 0.3) is 0 Å². The molecule has 0 spiro atoms. The second kappa shape index (κ2) is 6.04. The standard InChI is InChI=1S/C14H20N2O3/c15-14(7-9-17)6-8-16(11-14)13(18)19-10-12-4-2-1-3-5-12/h1-5,17H,6-11,15H2. The summed E-state index contributed by atoms with van der Waals surface area (Å²) in [5.41, 5.74) is 6.59. The number of amides is 1. The zero-order valence-corrected chi connectivity index (χ0v) is 10.9. The van der Waals surface area contributed by atoms with Crippen LogP contribution in [0.3, 0.4) is 0 Å². The van der Waals surface area contributed by atoms with Gasteiger partial charge in [-0.05, 0) is 18.4 Å². The van der Waals surface area contributed by atoms with Crippen molar-refractivity contribution < 1.29 is 14.6 Å². The van der Waals surface area contributed by atoms with E-state index in [0.29, 0.717) is 25.9 Å². The summed E-state index contributed by atoms with van der Waals surface area (Å²) >= 11 is 0. The molecule has 1 heterocycles. The Bertz CT molecular complexity index is 424. The zero-order chi connectivity index (χ0) is 13.7. The van der Waals surface area contributed by atoms with Crippen LogP contribution in [-0.2, 0) is 11.3 Å². The summed E-state index contributed by atoms with van der Waals surface area (Å²) < 4.78 is 5.25. The number of nitrogens with zero attached hydrogens (tertiary/aromatic N) is 1. The highest BCUT2D eigenvalue weighted by Crippen LogP contribution is 2.22.